The molecular weight excluding hydrogens is 318 g/mol. The number of hydrogen-bond acceptors (Lipinski definition) is 3. The lowest BCUT2D eigenvalue weighted by atomic mass is 9.86. The van der Waals surface area contributed by atoms with E-state index in [0.717, 1.165) is 5.56 Å². The molecule has 0 spiro atoms. The standard InChI is InChI=1S/C17H18ClNO4/c18-13-3-6-15-11(8-13)7-12(9-23-15)16(20)19-14-4-1-10(2-5-14)17(21)22/h3,6-8,10,14H,1-2,4-5,9H2,(H,19,20)(H,21,22). The number of hydrogen-bond donors (Lipinski definition) is 2. The second-order valence-electron chi connectivity index (χ2n) is 6.00. The van der Waals surface area contributed by atoms with Crippen LogP contribution in [0.1, 0.15) is 31.2 Å². The van der Waals surface area contributed by atoms with Crippen LogP contribution in [0.3, 0.4) is 0 Å². The molecule has 0 atom stereocenters. The van der Waals surface area contributed by atoms with Gasteiger partial charge in [0.15, 0.2) is 0 Å². The molecule has 0 aromatic heterocycles. The number of amides is 1. The van der Waals surface area contributed by atoms with Crippen molar-refractivity contribution in [3.05, 3.63) is 34.4 Å². The van der Waals surface area contributed by atoms with Crippen LogP contribution in [0.4, 0.5) is 0 Å². The summed E-state index contributed by atoms with van der Waals surface area (Å²) < 4.78 is 5.58. The molecule has 0 radical (unpaired) electrons. The summed E-state index contributed by atoms with van der Waals surface area (Å²) in [5.41, 5.74) is 1.35. The van der Waals surface area contributed by atoms with Gasteiger partial charge in [-0.15, -0.1) is 0 Å². The van der Waals surface area contributed by atoms with Crippen molar-refractivity contribution in [2.24, 2.45) is 5.92 Å². The first-order valence-electron chi connectivity index (χ1n) is 7.69. The van der Waals surface area contributed by atoms with E-state index in [1.54, 1.807) is 24.3 Å². The number of benzene rings is 1. The van der Waals surface area contributed by atoms with Gasteiger partial charge in [0.2, 0.25) is 0 Å². The number of aliphatic carboxylic acids is 1. The molecule has 5 nitrogen and oxygen atoms in total. The van der Waals surface area contributed by atoms with E-state index in [9.17, 15) is 9.59 Å². The smallest absolute Gasteiger partial charge is 0.306 e. The largest absolute Gasteiger partial charge is 0.488 e. The summed E-state index contributed by atoms with van der Waals surface area (Å²) in [6.45, 7) is 0.227. The fourth-order valence-electron chi connectivity index (χ4n) is 3.04. The van der Waals surface area contributed by atoms with Crippen molar-refractivity contribution in [1.82, 2.24) is 5.32 Å². The second kappa shape index (κ2) is 6.62. The number of carbonyl (C=O) groups excluding carboxylic acids is 1. The van der Waals surface area contributed by atoms with Gasteiger partial charge in [-0.25, -0.2) is 0 Å². The van der Waals surface area contributed by atoms with Gasteiger partial charge in [-0.2, -0.15) is 0 Å². The summed E-state index contributed by atoms with van der Waals surface area (Å²) in [7, 11) is 0. The number of nitrogens with one attached hydrogen (secondary N) is 1. The Labute approximate surface area is 139 Å². The molecule has 1 aliphatic carbocycles. The van der Waals surface area contributed by atoms with Crippen LogP contribution in [0.25, 0.3) is 6.08 Å². The fraction of sp³-hybridized carbons (Fsp3) is 0.412. The van der Waals surface area contributed by atoms with Crippen LogP contribution in [0.15, 0.2) is 23.8 Å². The zero-order valence-electron chi connectivity index (χ0n) is 12.5. The minimum Gasteiger partial charge on any atom is -0.488 e. The van der Waals surface area contributed by atoms with E-state index in [4.69, 9.17) is 21.4 Å². The molecule has 3 rings (SSSR count). The van der Waals surface area contributed by atoms with E-state index in [-0.39, 0.29) is 24.5 Å². The Morgan fingerprint density at radius 3 is 2.65 bits per heavy atom. The van der Waals surface area contributed by atoms with Gasteiger partial charge in [0.1, 0.15) is 12.4 Å². The number of carbonyl (C=O) groups is 2. The highest BCUT2D eigenvalue weighted by molar-refractivity contribution is 6.30. The lowest BCUT2D eigenvalue weighted by molar-refractivity contribution is -0.142. The molecule has 1 heterocycles. The molecule has 1 aromatic carbocycles. The van der Waals surface area contributed by atoms with Gasteiger partial charge >= 0.3 is 5.97 Å². The van der Waals surface area contributed by atoms with E-state index in [2.05, 4.69) is 5.32 Å². The Bertz CT molecular complexity index is 663. The third-order valence-electron chi connectivity index (χ3n) is 4.39. The lowest BCUT2D eigenvalue weighted by Gasteiger charge is -2.27. The van der Waals surface area contributed by atoms with Crippen LogP contribution in [0, 0.1) is 5.92 Å². The van der Waals surface area contributed by atoms with Gasteiger partial charge in [-0.05, 0) is 50.0 Å². The van der Waals surface area contributed by atoms with Crippen LogP contribution in [-0.4, -0.2) is 29.6 Å². The van der Waals surface area contributed by atoms with Crippen molar-refractivity contribution in [2.45, 2.75) is 31.7 Å². The topological polar surface area (TPSA) is 75.6 Å². The van der Waals surface area contributed by atoms with Gasteiger partial charge < -0.3 is 15.2 Å². The minimum atomic E-state index is -0.744. The molecule has 0 saturated heterocycles. The molecule has 1 fully saturated rings. The summed E-state index contributed by atoms with van der Waals surface area (Å²) in [4.78, 5) is 23.3. The normalized spacial score (nSPS) is 23.3. The van der Waals surface area contributed by atoms with Crippen LogP contribution in [-0.2, 0) is 9.59 Å². The lowest BCUT2D eigenvalue weighted by Crippen LogP contribution is -2.40. The number of fused-ring (bicyclic) bond motifs is 1. The van der Waals surface area contributed by atoms with Gasteiger partial charge in [-0.1, -0.05) is 11.6 Å². The zero-order valence-corrected chi connectivity index (χ0v) is 13.3. The predicted octanol–water partition coefficient (Wildman–Crippen LogP) is 2.88. The van der Waals surface area contributed by atoms with Crippen LogP contribution >= 0.6 is 11.6 Å². The molecule has 0 unspecified atom stereocenters. The maximum absolute atomic E-state index is 12.4. The van der Waals surface area contributed by atoms with E-state index < -0.39 is 5.97 Å². The fourth-order valence-corrected chi connectivity index (χ4v) is 3.22. The number of carboxylic acids is 1. The molecule has 1 amide bonds. The van der Waals surface area contributed by atoms with Crippen LogP contribution in [0.2, 0.25) is 5.02 Å². The highest BCUT2D eigenvalue weighted by Crippen LogP contribution is 2.29. The molecule has 1 aliphatic heterocycles. The minimum absolute atomic E-state index is 0.0276. The number of rotatable bonds is 3. The quantitative estimate of drug-likeness (QED) is 0.890. The molecule has 6 heteroatoms. The number of ether oxygens (including phenoxy) is 1. The summed E-state index contributed by atoms with van der Waals surface area (Å²) in [5, 5.41) is 12.6. The Balaban J connectivity index is 1.62. The molecule has 0 bridgehead atoms. The zero-order chi connectivity index (χ0) is 16.4. The Hall–Kier alpha value is -2.01. The van der Waals surface area contributed by atoms with Gasteiger partial charge in [0, 0.05) is 16.6 Å². The van der Waals surface area contributed by atoms with E-state index in [0.29, 0.717) is 42.0 Å². The average molecular weight is 336 g/mol. The predicted molar refractivity (Wildman–Crippen MR) is 86.4 cm³/mol. The van der Waals surface area contributed by atoms with Crippen LogP contribution in [0.5, 0.6) is 5.75 Å². The first-order chi connectivity index (χ1) is 11.0. The van der Waals surface area contributed by atoms with Crippen LogP contribution < -0.4 is 10.1 Å². The second-order valence-corrected chi connectivity index (χ2v) is 6.44. The SMILES string of the molecule is O=C(NC1CCC(C(=O)O)CC1)C1=Cc2cc(Cl)ccc2OC1. The molecule has 122 valence electrons. The Morgan fingerprint density at radius 1 is 1.22 bits per heavy atom. The van der Waals surface area contributed by atoms with Crippen molar-refractivity contribution in [3.8, 4) is 5.75 Å². The molecule has 2 aliphatic rings. The van der Waals surface area contributed by atoms with Crippen molar-refractivity contribution >= 4 is 29.6 Å². The number of carboxylic acid groups (broad SMARTS) is 1. The maximum Gasteiger partial charge on any atom is 0.306 e. The van der Waals surface area contributed by atoms with Gasteiger partial charge in [0.05, 0.1) is 11.5 Å². The third-order valence-corrected chi connectivity index (χ3v) is 4.62. The highest BCUT2D eigenvalue weighted by atomic mass is 35.5. The van der Waals surface area contributed by atoms with Crippen molar-refractivity contribution in [3.63, 3.8) is 0 Å². The van der Waals surface area contributed by atoms with Crippen molar-refractivity contribution < 1.29 is 19.4 Å². The highest BCUT2D eigenvalue weighted by Gasteiger charge is 2.27. The number of halogens is 1. The summed E-state index contributed by atoms with van der Waals surface area (Å²) >= 11 is 5.97. The van der Waals surface area contributed by atoms with Gasteiger partial charge in [-0.3, -0.25) is 9.59 Å². The third kappa shape index (κ3) is 3.67. The monoisotopic (exact) mass is 335 g/mol. The van der Waals surface area contributed by atoms with E-state index in [1.807, 2.05) is 0 Å². The van der Waals surface area contributed by atoms with E-state index >= 15 is 0 Å². The molecule has 23 heavy (non-hydrogen) atoms. The average Bonchev–Trinajstić information content (AvgIpc) is 2.54. The van der Waals surface area contributed by atoms with Gasteiger partial charge in [0.25, 0.3) is 5.91 Å². The first-order valence-corrected chi connectivity index (χ1v) is 8.07. The molecule has 2 N–H and O–H groups in total. The summed E-state index contributed by atoms with van der Waals surface area (Å²) in [6.07, 6.45) is 4.39. The maximum atomic E-state index is 12.4. The molecule has 1 aromatic rings. The Morgan fingerprint density at radius 2 is 1.96 bits per heavy atom. The molecular formula is C17H18ClNO4. The van der Waals surface area contributed by atoms with Crippen molar-refractivity contribution in [1.29, 1.82) is 0 Å². The van der Waals surface area contributed by atoms with Crippen molar-refractivity contribution in [2.75, 3.05) is 6.61 Å². The summed E-state index contributed by atoms with van der Waals surface area (Å²) in [6, 6.07) is 5.33. The molecule has 1 saturated carbocycles. The summed E-state index contributed by atoms with van der Waals surface area (Å²) in [5.74, 6) is -0.469. The van der Waals surface area contributed by atoms with E-state index in [1.165, 1.54) is 0 Å². The Kier molecular flexibility index (Phi) is 4.57. The first kappa shape index (κ1) is 15.9.